The Morgan fingerprint density at radius 3 is 2.33 bits per heavy atom. The highest BCUT2D eigenvalue weighted by Gasteiger charge is 2.10. The predicted octanol–water partition coefficient (Wildman–Crippen LogP) is 7.18. The van der Waals surface area contributed by atoms with Crippen LogP contribution in [0.4, 0.5) is 5.69 Å². The molecule has 0 amide bonds. The predicted molar refractivity (Wildman–Crippen MR) is 130 cm³/mol. The molecule has 8 heteroatoms. The average Bonchev–Trinajstić information content (AvgIpc) is 2.81. The molecule has 33 heavy (non-hydrogen) atoms. The number of halogens is 2. The second-order valence-electron chi connectivity index (χ2n) is 7.22. The SMILES string of the molecule is O=[N+]([O-])c1cccc(CO/N=C\c2cc(Cl)c(OCc3ccc4ccccc4c3)c(Cl)c2)c1. The number of ether oxygens (including phenoxy) is 1. The topological polar surface area (TPSA) is 74.0 Å². The number of rotatable bonds is 8. The van der Waals surface area contributed by atoms with Crippen LogP contribution in [-0.2, 0) is 18.1 Å². The number of non-ortho nitro benzene ring substituents is 1. The number of oxime groups is 1. The Morgan fingerprint density at radius 2 is 1.58 bits per heavy atom. The molecule has 4 aromatic rings. The van der Waals surface area contributed by atoms with Crippen molar-refractivity contribution < 1.29 is 14.5 Å². The zero-order valence-corrected chi connectivity index (χ0v) is 18.8. The van der Waals surface area contributed by atoms with Gasteiger partial charge in [-0.1, -0.05) is 76.9 Å². The van der Waals surface area contributed by atoms with E-state index in [0.717, 1.165) is 16.3 Å². The van der Waals surface area contributed by atoms with Gasteiger partial charge < -0.3 is 9.57 Å². The maximum absolute atomic E-state index is 10.8. The van der Waals surface area contributed by atoms with Gasteiger partial charge in [-0.2, -0.15) is 0 Å². The Morgan fingerprint density at radius 1 is 0.848 bits per heavy atom. The monoisotopic (exact) mass is 480 g/mol. The van der Waals surface area contributed by atoms with Gasteiger partial charge in [0.05, 0.1) is 21.2 Å². The zero-order chi connectivity index (χ0) is 23.2. The lowest BCUT2D eigenvalue weighted by Crippen LogP contribution is -1.98. The summed E-state index contributed by atoms with van der Waals surface area (Å²) in [6, 6.07) is 23.7. The first kappa shape index (κ1) is 22.6. The van der Waals surface area contributed by atoms with Gasteiger partial charge in [-0.05, 0) is 45.7 Å². The Hall–Kier alpha value is -3.61. The van der Waals surface area contributed by atoms with Crippen LogP contribution >= 0.6 is 23.2 Å². The summed E-state index contributed by atoms with van der Waals surface area (Å²) in [5, 5.41) is 17.7. The molecule has 0 aromatic heterocycles. The number of fused-ring (bicyclic) bond motifs is 1. The molecule has 0 saturated carbocycles. The maximum atomic E-state index is 10.8. The van der Waals surface area contributed by atoms with Gasteiger partial charge in [0.15, 0.2) is 5.75 Å². The Bertz CT molecular complexity index is 1320. The van der Waals surface area contributed by atoms with Crippen LogP contribution in [0.15, 0.2) is 84.0 Å². The first-order chi connectivity index (χ1) is 16.0. The summed E-state index contributed by atoms with van der Waals surface area (Å²) >= 11 is 12.8. The van der Waals surface area contributed by atoms with Gasteiger partial charge >= 0.3 is 0 Å². The molecule has 0 spiro atoms. The van der Waals surface area contributed by atoms with Crippen LogP contribution in [0.25, 0.3) is 10.8 Å². The zero-order valence-electron chi connectivity index (χ0n) is 17.3. The second-order valence-corrected chi connectivity index (χ2v) is 8.03. The molecule has 6 nitrogen and oxygen atoms in total. The third-order valence-electron chi connectivity index (χ3n) is 4.85. The fraction of sp³-hybridized carbons (Fsp3) is 0.0800. The van der Waals surface area contributed by atoms with E-state index in [1.54, 1.807) is 24.3 Å². The van der Waals surface area contributed by atoms with Crippen molar-refractivity contribution in [2.45, 2.75) is 13.2 Å². The van der Waals surface area contributed by atoms with Gasteiger partial charge in [0, 0.05) is 12.1 Å². The standard InChI is InChI=1S/C25H18Cl2N2O4/c26-23-12-19(14-28-33-16-17-4-3-7-22(11-17)29(30)31)13-24(27)25(23)32-15-18-8-9-20-5-1-2-6-21(20)10-18/h1-14H,15-16H2/b28-14-. The fourth-order valence-corrected chi connectivity index (χ4v) is 3.86. The molecule has 0 fully saturated rings. The van der Waals surface area contributed by atoms with Crippen LogP contribution in [-0.4, -0.2) is 11.1 Å². The summed E-state index contributed by atoms with van der Waals surface area (Å²) in [5.41, 5.74) is 2.26. The molecule has 4 aromatic carbocycles. The fourth-order valence-electron chi connectivity index (χ4n) is 3.25. The normalized spacial score (nSPS) is 11.1. The summed E-state index contributed by atoms with van der Waals surface area (Å²) in [4.78, 5) is 15.6. The van der Waals surface area contributed by atoms with Crippen molar-refractivity contribution in [3.05, 3.63) is 116 Å². The van der Waals surface area contributed by atoms with Gasteiger partial charge in [0.1, 0.15) is 13.2 Å². The van der Waals surface area contributed by atoms with Gasteiger partial charge in [0.2, 0.25) is 0 Å². The number of benzene rings is 4. The number of nitrogens with zero attached hydrogens (tertiary/aromatic N) is 2. The van der Waals surface area contributed by atoms with E-state index in [-0.39, 0.29) is 12.3 Å². The third-order valence-corrected chi connectivity index (χ3v) is 5.41. The van der Waals surface area contributed by atoms with Crippen molar-refractivity contribution in [3.63, 3.8) is 0 Å². The van der Waals surface area contributed by atoms with E-state index in [4.69, 9.17) is 32.8 Å². The van der Waals surface area contributed by atoms with Crippen molar-refractivity contribution in [2.24, 2.45) is 5.16 Å². The van der Waals surface area contributed by atoms with Crippen LogP contribution in [0, 0.1) is 10.1 Å². The van der Waals surface area contributed by atoms with Crippen molar-refractivity contribution in [3.8, 4) is 5.75 Å². The Labute approximate surface area is 200 Å². The number of hydrogen-bond donors (Lipinski definition) is 0. The van der Waals surface area contributed by atoms with Gasteiger partial charge in [-0.25, -0.2) is 0 Å². The van der Waals surface area contributed by atoms with Crippen LogP contribution < -0.4 is 4.74 Å². The van der Waals surface area contributed by atoms with Crippen LogP contribution in [0.2, 0.25) is 10.0 Å². The minimum absolute atomic E-state index is 0.00192. The number of nitro benzene ring substituents is 1. The molecule has 166 valence electrons. The molecule has 0 radical (unpaired) electrons. The van der Waals surface area contributed by atoms with Gasteiger partial charge in [-0.3, -0.25) is 10.1 Å². The molecule has 4 rings (SSSR count). The molecule has 0 saturated heterocycles. The van der Waals surface area contributed by atoms with E-state index in [1.807, 2.05) is 30.3 Å². The van der Waals surface area contributed by atoms with E-state index in [2.05, 4.69) is 17.3 Å². The number of hydrogen-bond acceptors (Lipinski definition) is 5. The van der Waals surface area contributed by atoms with E-state index >= 15 is 0 Å². The first-order valence-corrected chi connectivity index (χ1v) is 10.7. The van der Waals surface area contributed by atoms with Crippen LogP contribution in [0.5, 0.6) is 5.75 Å². The summed E-state index contributed by atoms with van der Waals surface area (Å²) in [5.74, 6) is 0.390. The number of nitro groups is 1. The summed E-state index contributed by atoms with van der Waals surface area (Å²) in [6.07, 6.45) is 1.46. The highest BCUT2D eigenvalue weighted by Crippen LogP contribution is 2.34. The van der Waals surface area contributed by atoms with E-state index in [0.29, 0.717) is 33.5 Å². The van der Waals surface area contributed by atoms with Crippen molar-refractivity contribution in [2.75, 3.05) is 0 Å². The van der Waals surface area contributed by atoms with Gasteiger partial charge in [-0.15, -0.1) is 0 Å². The quantitative estimate of drug-likeness (QED) is 0.152. The minimum atomic E-state index is -0.458. The lowest BCUT2D eigenvalue weighted by Gasteiger charge is -2.11. The van der Waals surface area contributed by atoms with E-state index < -0.39 is 4.92 Å². The van der Waals surface area contributed by atoms with E-state index in [9.17, 15) is 10.1 Å². The maximum Gasteiger partial charge on any atom is 0.269 e. The molecule has 0 unspecified atom stereocenters. The Kier molecular flexibility index (Phi) is 7.07. The summed E-state index contributed by atoms with van der Waals surface area (Å²) in [6.45, 7) is 0.413. The highest BCUT2D eigenvalue weighted by molar-refractivity contribution is 6.37. The van der Waals surface area contributed by atoms with Crippen LogP contribution in [0.1, 0.15) is 16.7 Å². The molecule has 0 aliphatic heterocycles. The molecular weight excluding hydrogens is 463 g/mol. The first-order valence-electron chi connectivity index (χ1n) is 9.98. The average molecular weight is 481 g/mol. The molecule has 0 heterocycles. The lowest BCUT2D eigenvalue weighted by molar-refractivity contribution is -0.384. The van der Waals surface area contributed by atoms with Crippen molar-refractivity contribution in [1.82, 2.24) is 0 Å². The molecule has 0 N–H and O–H groups in total. The van der Waals surface area contributed by atoms with E-state index in [1.165, 1.54) is 18.3 Å². The van der Waals surface area contributed by atoms with Crippen molar-refractivity contribution >= 4 is 45.9 Å². The smallest absolute Gasteiger partial charge is 0.269 e. The Balaban J connectivity index is 1.38. The largest absolute Gasteiger partial charge is 0.486 e. The molecule has 0 atom stereocenters. The van der Waals surface area contributed by atoms with Crippen LogP contribution in [0.3, 0.4) is 0 Å². The molecule has 0 bridgehead atoms. The van der Waals surface area contributed by atoms with Gasteiger partial charge in [0.25, 0.3) is 5.69 Å². The lowest BCUT2D eigenvalue weighted by atomic mass is 10.1. The van der Waals surface area contributed by atoms with Crippen molar-refractivity contribution in [1.29, 1.82) is 0 Å². The molecule has 0 aliphatic rings. The third kappa shape index (κ3) is 5.80. The second kappa shape index (κ2) is 10.3. The minimum Gasteiger partial charge on any atom is -0.486 e. The summed E-state index contributed by atoms with van der Waals surface area (Å²) in [7, 11) is 0. The highest BCUT2D eigenvalue weighted by atomic mass is 35.5. The molecule has 0 aliphatic carbocycles. The molecular formula is C25H18Cl2N2O4. The summed E-state index contributed by atoms with van der Waals surface area (Å²) < 4.78 is 5.88.